The SMILES string of the molecule is COC(=O)Cc1ccccc1CSC[C@@H](N)C(=O)O. The molecule has 0 aromatic heterocycles. The van der Waals surface area contributed by atoms with Gasteiger partial charge < -0.3 is 15.6 Å². The van der Waals surface area contributed by atoms with Crippen LogP contribution in [-0.2, 0) is 26.5 Å². The van der Waals surface area contributed by atoms with Gasteiger partial charge in [0.2, 0.25) is 0 Å². The smallest absolute Gasteiger partial charge is 0.321 e. The summed E-state index contributed by atoms with van der Waals surface area (Å²) in [6.45, 7) is 0. The molecule has 0 amide bonds. The first-order chi connectivity index (χ1) is 9.04. The van der Waals surface area contributed by atoms with Gasteiger partial charge in [0, 0.05) is 11.5 Å². The molecule has 104 valence electrons. The topological polar surface area (TPSA) is 89.6 Å². The zero-order valence-corrected chi connectivity index (χ0v) is 11.5. The van der Waals surface area contributed by atoms with Crippen LogP contribution in [-0.4, -0.2) is 35.9 Å². The lowest BCUT2D eigenvalue weighted by Crippen LogP contribution is -2.32. The molecule has 0 fully saturated rings. The molecule has 0 bridgehead atoms. The van der Waals surface area contributed by atoms with E-state index in [4.69, 9.17) is 10.8 Å². The van der Waals surface area contributed by atoms with Gasteiger partial charge in [0.05, 0.1) is 13.5 Å². The maximum absolute atomic E-state index is 11.3. The highest BCUT2D eigenvalue weighted by molar-refractivity contribution is 7.98. The predicted octanol–water partition coefficient (Wildman–Crippen LogP) is 1.05. The Morgan fingerprint density at radius 1 is 1.37 bits per heavy atom. The number of carbonyl (C=O) groups excluding carboxylic acids is 1. The maximum Gasteiger partial charge on any atom is 0.321 e. The Morgan fingerprint density at radius 3 is 2.58 bits per heavy atom. The fourth-order valence-corrected chi connectivity index (χ4v) is 2.48. The molecular weight excluding hydrogens is 266 g/mol. The fourth-order valence-electron chi connectivity index (χ4n) is 1.47. The molecule has 0 spiro atoms. The summed E-state index contributed by atoms with van der Waals surface area (Å²) < 4.78 is 4.64. The van der Waals surface area contributed by atoms with Crippen molar-refractivity contribution in [2.75, 3.05) is 12.9 Å². The van der Waals surface area contributed by atoms with E-state index in [0.29, 0.717) is 11.5 Å². The third kappa shape index (κ3) is 5.32. The molecule has 1 aromatic carbocycles. The van der Waals surface area contributed by atoms with Gasteiger partial charge in [-0.3, -0.25) is 9.59 Å². The third-order valence-electron chi connectivity index (χ3n) is 2.55. The van der Waals surface area contributed by atoms with Gasteiger partial charge in [-0.2, -0.15) is 11.8 Å². The van der Waals surface area contributed by atoms with E-state index in [1.54, 1.807) is 0 Å². The van der Waals surface area contributed by atoms with Crippen molar-refractivity contribution in [3.63, 3.8) is 0 Å². The van der Waals surface area contributed by atoms with Crippen LogP contribution in [0.3, 0.4) is 0 Å². The fraction of sp³-hybridized carbons (Fsp3) is 0.385. The van der Waals surface area contributed by atoms with Crippen molar-refractivity contribution in [2.24, 2.45) is 5.73 Å². The minimum atomic E-state index is -1.00. The Hall–Kier alpha value is -1.53. The first-order valence-corrected chi connectivity index (χ1v) is 6.89. The van der Waals surface area contributed by atoms with Gasteiger partial charge in [-0.25, -0.2) is 0 Å². The standard InChI is InChI=1S/C13H17NO4S/c1-18-12(15)6-9-4-2-3-5-10(9)7-19-8-11(14)13(16)17/h2-5,11H,6-8,14H2,1H3,(H,16,17)/t11-/m1/s1. The molecule has 0 heterocycles. The second kappa shape index (κ2) is 7.81. The molecule has 6 heteroatoms. The van der Waals surface area contributed by atoms with Crippen molar-refractivity contribution in [1.29, 1.82) is 0 Å². The molecule has 1 atom stereocenters. The number of carboxylic acids is 1. The summed E-state index contributed by atoms with van der Waals surface area (Å²) in [4.78, 5) is 21.9. The highest BCUT2D eigenvalue weighted by atomic mass is 32.2. The van der Waals surface area contributed by atoms with Crippen LogP contribution in [0.1, 0.15) is 11.1 Å². The van der Waals surface area contributed by atoms with Crippen LogP contribution in [0.15, 0.2) is 24.3 Å². The number of rotatable bonds is 7. The van der Waals surface area contributed by atoms with Crippen molar-refractivity contribution in [1.82, 2.24) is 0 Å². The summed E-state index contributed by atoms with van der Waals surface area (Å²) in [5.41, 5.74) is 7.32. The Balaban J connectivity index is 2.58. The van der Waals surface area contributed by atoms with Gasteiger partial charge in [-0.05, 0) is 11.1 Å². The summed E-state index contributed by atoms with van der Waals surface area (Å²) in [6.07, 6.45) is 0.220. The second-order valence-electron chi connectivity index (χ2n) is 3.98. The lowest BCUT2D eigenvalue weighted by Gasteiger charge is -2.09. The van der Waals surface area contributed by atoms with Gasteiger partial charge in [0.15, 0.2) is 0 Å². The van der Waals surface area contributed by atoms with Crippen LogP contribution in [0.2, 0.25) is 0 Å². The number of carbonyl (C=O) groups is 2. The van der Waals surface area contributed by atoms with Crippen molar-refractivity contribution < 1.29 is 19.4 Å². The van der Waals surface area contributed by atoms with Crippen LogP contribution in [0.25, 0.3) is 0 Å². The molecule has 3 N–H and O–H groups in total. The number of methoxy groups -OCH3 is 1. The van der Waals surface area contributed by atoms with Gasteiger partial charge in [0.1, 0.15) is 6.04 Å². The number of hydrogen-bond donors (Lipinski definition) is 2. The normalized spacial score (nSPS) is 11.9. The first kappa shape index (κ1) is 15.5. The Bertz CT molecular complexity index is 450. The van der Waals surface area contributed by atoms with E-state index in [-0.39, 0.29) is 12.4 Å². The van der Waals surface area contributed by atoms with Crippen LogP contribution in [0.5, 0.6) is 0 Å². The van der Waals surface area contributed by atoms with Crippen molar-refractivity contribution >= 4 is 23.7 Å². The minimum Gasteiger partial charge on any atom is -0.480 e. The number of benzene rings is 1. The maximum atomic E-state index is 11.3. The van der Waals surface area contributed by atoms with Gasteiger partial charge in [-0.1, -0.05) is 24.3 Å². The summed E-state index contributed by atoms with van der Waals surface area (Å²) in [7, 11) is 1.35. The Morgan fingerprint density at radius 2 is 2.00 bits per heavy atom. The lowest BCUT2D eigenvalue weighted by molar-refractivity contribution is -0.140. The average Bonchev–Trinajstić information content (AvgIpc) is 2.40. The molecule has 0 unspecified atom stereocenters. The molecular formula is C13H17NO4S. The molecule has 0 aliphatic carbocycles. The van der Waals surface area contributed by atoms with Crippen molar-refractivity contribution in [3.05, 3.63) is 35.4 Å². The van der Waals surface area contributed by atoms with Crippen LogP contribution in [0.4, 0.5) is 0 Å². The predicted molar refractivity (Wildman–Crippen MR) is 73.9 cm³/mol. The second-order valence-corrected chi connectivity index (χ2v) is 5.01. The molecule has 5 nitrogen and oxygen atoms in total. The number of nitrogens with two attached hydrogens (primary N) is 1. The molecule has 0 radical (unpaired) electrons. The van der Waals surface area contributed by atoms with Gasteiger partial charge in [-0.15, -0.1) is 0 Å². The van der Waals surface area contributed by atoms with E-state index in [1.165, 1.54) is 18.9 Å². The van der Waals surface area contributed by atoms with Crippen LogP contribution < -0.4 is 5.73 Å². The summed E-state index contributed by atoms with van der Waals surface area (Å²) in [5.74, 6) is -0.342. The first-order valence-electron chi connectivity index (χ1n) is 5.74. The monoisotopic (exact) mass is 283 g/mol. The molecule has 0 saturated carbocycles. The molecule has 0 saturated heterocycles. The van der Waals surface area contributed by atoms with Gasteiger partial charge in [0.25, 0.3) is 0 Å². The molecule has 1 aromatic rings. The average molecular weight is 283 g/mol. The zero-order valence-electron chi connectivity index (χ0n) is 10.7. The molecule has 1 rings (SSSR count). The van der Waals surface area contributed by atoms with E-state index >= 15 is 0 Å². The number of esters is 1. The Labute approximate surface area is 116 Å². The highest BCUT2D eigenvalue weighted by Gasteiger charge is 2.12. The number of thioether (sulfide) groups is 1. The lowest BCUT2D eigenvalue weighted by atomic mass is 10.1. The quantitative estimate of drug-likeness (QED) is 0.727. The van der Waals surface area contributed by atoms with E-state index in [1.807, 2.05) is 24.3 Å². The highest BCUT2D eigenvalue weighted by Crippen LogP contribution is 2.18. The molecule has 0 aliphatic rings. The van der Waals surface area contributed by atoms with Crippen LogP contribution in [0, 0.1) is 0 Å². The molecule has 0 aliphatic heterocycles. The molecule has 19 heavy (non-hydrogen) atoms. The van der Waals surface area contributed by atoms with Crippen LogP contribution >= 0.6 is 11.8 Å². The number of aliphatic carboxylic acids is 1. The largest absolute Gasteiger partial charge is 0.480 e. The van der Waals surface area contributed by atoms with Crippen molar-refractivity contribution in [3.8, 4) is 0 Å². The van der Waals surface area contributed by atoms with E-state index in [0.717, 1.165) is 11.1 Å². The van der Waals surface area contributed by atoms with Gasteiger partial charge >= 0.3 is 11.9 Å². The summed E-state index contributed by atoms with van der Waals surface area (Å²) >= 11 is 1.43. The van der Waals surface area contributed by atoms with E-state index in [2.05, 4.69) is 4.74 Å². The Kier molecular flexibility index (Phi) is 6.38. The summed E-state index contributed by atoms with van der Waals surface area (Å²) in [5, 5.41) is 8.69. The number of ether oxygens (including phenoxy) is 1. The summed E-state index contributed by atoms with van der Waals surface area (Å²) in [6, 6.07) is 6.66. The number of hydrogen-bond acceptors (Lipinski definition) is 5. The number of carboxylic acid groups (broad SMARTS) is 1. The third-order valence-corrected chi connectivity index (χ3v) is 3.66. The van der Waals surface area contributed by atoms with E-state index < -0.39 is 12.0 Å². The van der Waals surface area contributed by atoms with Crippen molar-refractivity contribution in [2.45, 2.75) is 18.2 Å². The van der Waals surface area contributed by atoms with E-state index in [9.17, 15) is 9.59 Å². The zero-order chi connectivity index (χ0) is 14.3. The minimum absolute atomic E-state index is 0.220.